The van der Waals surface area contributed by atoms with Gasteiger partial charge in [0, 0.05) is 5.56 Å². The summed E-state index contributed by atoms with van der Waals surface area (Å²) in [5, 5.41) is 12.1. The van der Waals surface area contributed by atoms with Crippen LogP contribution in [0.15, 0.2) is 23.4 Å². The van der Waals surface area contributed by atoms with Gasteiger partial charge in [-0.05, 0) is 62.2 Å². The van der Waals surface area contributed by atoms with Crippen LogP contribution in [0.2, 0.25) is 0 Å². The molecule has 1 heterocycles. The van der Waals surface area contributed by atoms with E-state index in [1.54, 1.807) is 4.68 Å². The van der Waals surface area contributed by atoms with E-state index in [-0.39, 0.29) is 17.1 Å². The van der Waals surface area contributed by atoms with Crippen molar-refractivity contribution >= 4 is 17.5 Å². The van der Waals surface area contributed by atoms with E-state index in [0.29, 0.717) is 5.16 Å². The summed E-state index contributed by atoms with van der Waals surface area (Å²) in [5.74, 6) is 0.0985. The number of aromatic nitrogens is 4. The summed E-state index contributed by atoms with van der Waals surface area (Å²) < 4.78 is 1.73. The Labute approximate surface area is 129 Å². The molecule has 1 atom stereocenters. The third-order valence-electron chi connectivity index (χ3n) is 3.39. The fourth-order valence-corrected chi connectivity index (χ4v) is 2.93. The van der Waals surface area contributed by atoms with E-state index in [4.69, 9.17) is 0 Å². The van der Waals surface area contributed by atoms with Crippen molar-refractivity contribution in [3.8, 4) is 0 Å². The number of thioether (sulfide) groups is 1. The molecule has 1 aromatic heterocycles. The average Bonchev–Trinajstić information content (AvgIpc) is 2.89. The molecule has 0 bridgehead atoms. The van der Waals surface area contributed by atoms with Crippen LogP contribution in [0.5, 0.6) is 0 Å². The molecule has 21 heavy (non-hydrogen) atoms. The highest BCUT2D eigenvalue weighted by Gasteiger charge is 2.21. The number of carbonyl (C=O) groups excluding carboxylic acids is 1. The van der Waals surface area contributed by atoms with Crippen LogP contribution in [-0.2, 0) is 0 Å². The third kappa shape index (κ3) is 3.50. The Morgan fingerprint density at radius 2 is 1.90 bits per heavy atom. The van der Waals surface area contributed by atoms with E-state index in [0.717, 1.165) is 11.1 Å². The Bertz CT molecular complexity index is 651. The van der Waals surface area contributed by atoms with Gasteiger partial charge in [0.05, 0.1) is 11.3 Å². The van der Waals surface area contributed by atoms with Gasteiger partial charge in [0.15, 0.2) is 5.78 Å². The van der Waals surface area contributed by atoms with Crippen molar-refractivity contribution in [2.45, 2.75) is 51.1 Å². The van der Waals surface area contributed by atoms with Gasteiger partial charge in [0.2, 0.25) is 5.16 Å². The lowest BCUT2D eigenvalue weighted by Crippen LogP contribution is -2.15. The zero-order valence-corrected chi connectivity index (χ0v) is 13.8. The minimum Gasteiger partial charge on any atom is -0.293 e. The van der Waals surface area contributed by atoms with E-state index in [1.807, 2.05) is 52.8 Å². The third-order valence-corrected chi connectivity index (χ3v) is 4.44. The van der Waals surface area contributed by atoms with Crippen molar-refractivity contribution in [1.29, 1.82) is 0 Å². The highest BCUT2D eigenvalue weighted by atomic mass is 32.2. The average molecular weight is 304 g/mol. The van der Waals surface area contributed by atoms with Gasteiger partial charge in [-0.2, -0.15) is 0 Å². The first kappa shape index (κ1) is 15.7. The standard InChI is InChI=1S/C15H20N4OS/c1-9(2)19-15(16-17-18-19)21-12(5)14(20)13-7-6-10(3)11(4)8-13/h6-9,12H,1-5H3/t12-/m1/s1. The summed E-state index contributed by atoms with van der Waals surface area (Å²) >= 11 is 1.40. The van der Waals surface area contributed by atoms with Gasteiger partial charge < -0.3 is 0 Å². The molecule has 0 radical (unpaired) electrons. The molecular weight excluding hydrogens is 284 g/mol. The maximum Gasteiger partial charge on any atom is 0.210 e. The molecule has 0 fully saturated rings. The number of aryl methyl sites for hydroxylation is 2. The Kier molecular flexibility index (Phi) is 4.77. The van der Waals surface area contributed by atoms with Crippen LogP contribution in [0.1, 0.15) is 48.3 Å². The number of hydrogen-bond acceptors (Lipinski definition) is 5. The van der Waals surface area contributed by atoms with Crippen molar-refractivity contribution in [2.75, 3.05) is 0 Å². The van der Waals surface area contributed by atoms with Gasteiger partial charge in [-0.3, -0.25) is 4.79 Å². The Balaban J connectivity index is 2.15. The summed E-state index contributed by atoms with van der Waals surface area (Å²) in [6, 6.07) is 5.98. The number of Topliss-reactive ketones (excluding diaryl/α,β-unsaturated/α-hetero) is 1. The molecule has 0 unspecified atom stereocenters. The summed E-state index contributed by atoms with van der Waals surface area (Å²) in [4.78, 5) is 12.5. The van der Waals surface area contributed by atoms with E-state index in [1.165, 1.54) is 17.3 Å². The quantitative estimate of drug-likeness (QED) is 0.627. The number of hydrogen-bond donors (Lipinski definition) is 0. The zero-order valence-electron chi connectivity index (χ0n) is 13.0. The van der Waals surface area contributed by atoms with Crippen LogP contribution >= 0.6 is 11.8 Å². The predicted molar refractivity (Wildman–Crippen MR) is 83.8 cm³/mol. The van der Waals surface area contributed by atoms with Gasteiger partial charge in [-0.25, -0.2) is 4.68 Å². The second kappa shape index (κ2) is 6.39. The number of ketones is 1. The summed E-state index contributed by atoms with van der Waals surface area (Å²) in [6.45, 7) is 9.97. The largest absolute Gasteiger partial charge is 0.293 e. The summed E-state index contributed by atoms with van der Waals surface area (Å²) in [7, 11) is 0. The first-order valence-electron chi connectivity index (χ1n) is 6.96. The molecule has 0 aliphatic rings. The second-order valence-electron chi connectivity index (χ2n) is 5.42. The second-order valence-corrected chi connectivity index (χ2v) is 6.73. The molecule has 6 heteroatoms. The maximum absolute atomic E-state index is 12.5. The first-order chi connectivity index (χ1) is 9.90. The lowest BCUT2D eigenvalue weighted by molar-refractivity contribution is 0.0993. The molecule has 0 amide bonds. The van der Waals surface area contributed by atoms with Crippen LogP contribution in [0, 0.1) is 13.8 Å². The maximum atomic E-state index is 12.5. The smallest absolute Gasteiger partial charge is 0.210 e. The van der Waals surface area contributed by atoms with Gasteiger partial charge in [0.25, 0.3) is 0 Å². The minimum atomic E-state index is -0.226. The highest BCUT2D eigenvalue weighted by Crippen LogP contribution is 2.25. The molecule has 0 saturated carbocycles. The topological polar surface area (TPSA) is 60.7 Å². The number of nitrogens with zero attached hydrogens (tertiary/aromatic N) is 4. The zero-order chi connectivity index (χ0) is 15.6. The van der Waals surface area contributed by atoms with Gasteiger partial charge in [0.1, 0.15) is 0 Å². The Morgan fingerprint density at radius 1 is 1.19 bits per heavy atom. The predicted octanol–water partition coefficient (Wildman–Crippen LogP) is 3.23. The molecule has 5 nitrogen and oxygen atoms in total. The molecule has 1 aromatic carbocycles. The van der Waals surface area contributed by atoms with Gasteiger partial charge in [-0.15, -0.1) is 5.10 Å². The monoisotopic (exact) mass is 304 g/mol. The molecule has 2 aromatic rings. The van der Waals surface area contributed by atoms with E-state index in [2.05, 4.69) is 15.5 Å². The Morgan fingerprint density at radius 3 is 2.52 bits per heavy atom. The van der Waals surface area contributed by atoms with Crippen molar-refractivity contribution in [1.82, 2.24) is 20.2 Å². The first-order valence-corrected chi connectivity index (χ1v) is 7.84. The van der Waals surface area contributed by atoms with Crippen LogP contribution in [0.25, 0.3) is 0 Å². The van der Waals surface area contributed by atoms with E-state index >= 15 is 0 Å². The summed E-state index contributed by atoms with van der Waals surface area (Å²) in [5.41, 5.74) is 3.06. The molecule has 0 aliphatic heterocycles. The number of rotatable bonds is 5. The van der Waals surface area contributed by atoms with Crippen LogP contribution in [0.3, 0.4) is 0 Å². The lowest BCUT2D eigenvalue weighted by atomic mass is 10.0. The molecule has 0 saturated heterocycles. The highest BCUT2D eigenvalue weighted by molar-refractivity contribution is 8.00. The van der Waals surface area contributed by atoms with Crippen LogP contribution in [0.4, 0.5) is 0 Å². The molecular formula is C15H20N4OS. The normalized spacial score (nSPS) is 12.7. The molecule has 2 rings (SSSR count). The molecule has 112 valence electrons. The van der Waals surface area contributed by atoms with Crippen molar-refractivity contribution < 1.29 is 4.79 Å². The van der Waals surface area contributed by atoms with Gasteiger partial charge in [-0.1, -0.05) is 23.9 Å². The van der Waals surface area contributed by atoms with Crippen LogP contribution in [-0.4, -0.2) is 31.2 Å². The minimum absolute atomic E-state index is 0.0985. The van der Waals surface area contributed by atoms with E-state index in [9.17, 15) is 4.79 Å². The SMILES string of the molecule is Cc1ccc(C(=O)[C@@H](C)Sc2nnnn2C(C)C)cc1C. The number of carbonyl (C=O) groups is 1. The fourth-order valence-electron chi connectivity index (χ4n) is 1.93. The Hall–Kier alpha value is -1.69. The lowest BCUT2D eigenvalue weighted by Gasteiger charge is -2.12. The summed E-state index contributed by atoms with van der Waals surface area (Å²) in [6.07, 6.45) is 0. The van der Waals surface area contributed by atoms with Crippen LogP contribution < -0.4 is 0 Å². The van der Waals surface area contributed by atoms with E-state index < -0.39 is 0 Å². The fraction of sp³-hybridized carbons (Fsp3) is 0.467. The molecule has 0 N–H and O–H groups in total. The van der Waals surface area contributed by atoms with Crippen molar-refractivity contribution in [3.63, 3.8) is 0 Å². The number of tetrazole rings is 1. The van der Waals surface area contributed by atoms with Gasteiger partial charge >= 0.3 is 0 Å². The van der Waals surface area contributed by atoms with Crippen molar-refractivity contribution in [3.05, 3.63) is 34.9 Å². The number of benzene rings is 1. The molecule has 0 aliphatic carbocycles. The van der Waals surface area contributed by atoms with Crippen molar-refractivity contribution in [2.24, 2.45) is 0 Å². The molecule has 0 spiro atoms.